The highest BCUT2D eigenvalue weighted by atomic mass is 16.5. The minimum absolute atomic E-state index is 0.914. The molecule has 1 aromatic carbocycles. The van der Waals surface area contributed by atoms with Crippen LogP contribution in [0, 0.1) is 6.92 Å². The molecule has 0 atom stereocenters. The second-order valence-corrected chi connectivity index (χ2v) is 2.95. The van der Waals surface area contributed by atoms with E-state index >= 15 is 0 Å². The third-order valence-corrected chi connectivity index (χ3v) is 2.16. The average molecular weight is 181 g/mol. The van der Waals surface area contributed by atoms with Crippen LogP contribution in [-0.2, 0) is 0 Å². The number of nitrogens with one attached hydrogen (secondary N) is 1. The van der Waals surface area contributed by atoms with E-state index in [1.807, 2.05) is 25.5 Å². The molecule has 3 heteroatoms. The summed E-state index contributed by atoms with van der Waals surface area (Å²) in [5, 5.41) is 5.17. The first-order valence-electron chi connectivity index (χ1n) is 4.38. The van der Waals surface area contributed by atoms with Crippen molar-refractivity contribution in [2.75, 3.05) is 26.5 Å². The molecular formula is C10H17N2O+. The Kier molecular flexibility index (Phi) is 3.14. The van der Waals surface area contributed by atoms with Gasteiger partial charge in [0.05, 0.1) is 14.2 Å². The number of ether oxygens (including phenoxy) is 1. The van der Waals surface area contributed by atoms with E-state index in [1.165, 1.54) is 5.56 Å². The highest BCUT2D eigenvalue weighted by Gasteiger charge is 2.08. The monoisotopic (exact) mass is 181 g/mol. The number of rotatable bonds is 3. The quantitative estimate of drug-likeness (QED) is 0.679. The molecule has 0 aliphatic heterocycles. The molecule has 0 spiro atoms. The van der Waals surface area contributed by atoms with Gasteiger partial charge in [-0.2, -0.15) is 0 Å². The maximum atomic E-state index is 5.26. The minimum atomic E-state index is 0.914. The lowest BCUT2D eigenvalue weighted by atomic mass is 10.1. The molecule has 0 aliphatic rings. The number of hydrogen-bond acceptors (Lipinski definition) is 2. The van der Waals surface area contributed by atoms with Gasteiger partial charge in [0.2, 0.25) is 0 Å². The van der Waals surface area contributed by atoms with Gasteiger partial charge < -0.3 is 15.4 Å². The minimum Gasteiger partial charge on any atom is -0.491 e. The summed E-state index contributed by atoms with van der Waals surface area (Å²) in [5.41, 5.74) is 3.48. The average Bonchev–Trinajstić information content (AvgIpc) is 2.17. The number of hydrogen-bond donors (Lipinski definition) is 2. The zero-order valence-corrected chi connectivity index (χ0v) is 8.64. The first kappa shape index (κ1) is 9.86. The maximum absolute atomic E-state index is 5.26. The van der Waals surface area contributed by atoms with Crippen molar-refractivity contribution in [3.05, 3.63) is 17.7 Å². The Morgan fingerprint density at radius 2 is 2.08 bits per heavy atom. The molecule has 1 aromatic rings. The summed E-state index contributed by atoms with van der Waals surface area (Å²) in [7, 11) is 5.62. The van der Waals surface area contributed by atoms with Crippen LogP contribution in [0.5, 0.6) is 5.75 Å². The van der Waals surface area contributed by atoms with Crippen LogP contribution in [0.25, 0.3) is 0 Å². The van der Waals surface area contributed by atoms with E-state index in [0.29, 0.717) is 0 Å². The Labute approximate surface area is 79.1 Å². The molecule has 0 fully saturated rings. The second kappa shape index (κ2) is 4.14. The summed E-state index contributed by atoms with van der Waals surface area (Å²) in [6, 6.07) is 4.13. The van der Waals surface area contributed by atoms with Crippen molar-refractivity contribution in [3.8, 4) is 5.75 Å². The molecule has 0 amide bonds. The predicted molar refractivity (Wildman–Crippen MR) is 54.8 cm³/mol. The van der Waals surface area contributed by atoms with Gasteiger partial charge in [-0.1, -0.05) is 0 Å². The van der Waals surface area contributed by atoms with Crippen LogP contribution in [0.15, 0.2) is 12.1 Å². The Morgan fingerprint density at radius 3 is 2.54 bits per heavy atom. The Morgan fingerprint density at radius 1 is 1.38 bits per heavy atom. The molecule has 0 aromatic heterocycles. The lowest BCUT2D eigenvalue weighted by Gasteiger charge is -2.09. The first-order chi connectivity index (χ1) is 6.22. The fourth-order valence-electron chi connectivity index (χ4n) is 1.38. The number of anilines is 1. The molecule has 0 heterocycles. The molecule has 1 rings (SSSR count). The molecule has 0 aliphatic carbocycles. The Bertz CT molecular complexity index is 297. The molecule has 72 valence electrons. The molecule has 0 saturated carbocycles. The van der Waals surface area contributed by atoms with Gasteiger partial charge in [-0.05, 0) is 12.5 Å². The summed E-state index contributed by atoms with van der Waals surface area (Å²) in [4.78, 5) is 0. The largest absolute Gasteiger partial charge is 0.491 e. The lowest BCUT2D eigenvalue weighted by Crippen LogP contribution is -2.72. The van der Waals surface area contributed by atoms with Gasteiger partial charge in [0.25, 0.3) is 0 Å². The predicted octanol–water partition coefficient (Wildman–Crippen LogP) is 0.870. The number of quaternary nitrogens is 1. The zero-order valence-electron chi connectivity index (χ0n) is 8.64. The summed E-state index contributed by atoms with van der Waals surface area (Å²) >= 11 is 0. The van der Waals surface area contributed by atoms with Gasteiger partial charge in [-0.25, -0.2) is 0 Å². The Hall–Kier alpha value is -1.22. The third kappa shape index (κ3) is 1.92. The van der Waals surface area contributed by atoms with Crippen molar-refractivity contribution in [1.82, 2.24) is 0 Å². The molecule has 0 unspecified atom stereocenters. The molecule has 0 radical (unpaired) electrons. The van der Waals surface area contributed by atoms with Gasteiger partial charge in [0.15, 0.2) is 11.4 Å². The number of nitrogens with two attached hydrogens (primary N) is 1. The maximum Gasteiger partial charge on any atom is 0.181 e. The van der Waals surface area contributed by atoms with Crippen LogP contribution in [0.3, 0.4) is 0 Å². The zero-order chi connectivity index (χ0) is 9.84. The Balaban J connectivity index is 3.18. The van der Waals surface area contributed by atoms with E-state index in [0.717, 1.165) is 17.1 Å². The molecule has 0 saturated heterocycles. The lowest BCUT2D eigenvalue weighted by molar-refractivity contribution is -0.540. The number of benzene rings is 1. The van der Waals surface area contributed by atoms with Crippen LogP contribution in [0.2, 0.25) is 0 Å². The molecule has 3 N–H and O–H groups in total. The smallest absolute Gasteiger partial charge is 0.181 e. The summed E-state index contributed by atoms with van der Waals surface area (Å²) < 4.78 is 5.26. The van der Waals surface area contributed by atoms with Crippen molar-refractivity contribution in [2.24, 2.45) is 0 Å². The van der Waals surface area contributed by atoms with E-state index in [1.54, 1.807) is 7.11 Å². The standard InChI is InChI=1S/C10H16N2O/c1-7-5-9(12-3)10(13-4)6-8(7)11-2/h5-6,11-12H,1-4H3/p+1. The van der Waals surface area contributed by atoms with E-state index in [9.17, 15) is 0 Å². The normalized spacial score (nSPS) is 9.85. The summed E-state index contributed by atoms with van der Waals surface area (Å²) in [6.07, 6.45) is 0. The fourth-order valence-corrected chi connectivity index (χ4v) is 1.38. The van der Waals surface area contributed by atoms with Crippen molar-refractivity contribution < 1.29 is 10.1 Å². The van der Waals surface area contributed by atoms with E-state index in [2.05, 4.69) is 18.3 Å². The summed E-state index contributed by atoms with van der Waals surface area (Å²) in [6.45, 7) is 2.08. The van der Waals surface area contributed by atoms with Gasteiger partial charge in [-0.3, -0.25) is 0 Å². The van der Waals surface area contributed by atoms with E-state index < -0.39 is 0 Å². The van der Waals surface area contributed by atoms with Crippen LogP contribution >= 0.6 is 0 Å². The van der Waals surface area contributed by atoms with Crippen molar-refractivity contribution in [2.45, 2.75) is 6.92 Å². The second-order valence-electron chi connectivity index (χ2n) is 2.95. The highest BCUT2D eigenvalue weighted by Crippen LogP contribution is 2.27. The highest BCUT2D eigenvalue weighted by molar-refractivity contribution is 5.62. The van der Waals surface area contributed by atoms with Crippen molar-refractivity contribution >= 4 is 11.4 Å². The molecule has 0 bridgehead atoms. The van der Waals surface area contributed by atoms with Gasteiger partial charge in [0.1, 0.15) is 0 Å². The van der Waals surface area contributed by atoms with Crippen LogP contribution in [0.1, 0.15) is 5.56 Å². The number of aryl methyl sites for hydroxylation is 1. The van der Waals surface area contributed by atoms with Crippen LogP contribution < -0.4 is 15.4 Å². The topological polar surface area (TPSA) is 37.9 Å². The fraction of sp³-hybridized carbons (Fsp3) is 0.400. The third-order valence-electron chi connectivity index (χ3n) is 2.16. The van der Waals surface area contributed by atoms with Gasteiger partial charge >= 0.3 is 0 Å². The van der Waals surface area contributed by atoms with Crippen LogP contribution in [0.4, 0.5) is 11.4 Å². The molecule has 13 heavy (non-hydrogen) atoms. The van der Waals surface area contributed by atoms with Crippen molar-refractivity contribution in [3.63, 3.8) is 0 Å². The molecular weight excluding hydrogens is 164 g/mol. The van der Waals surface area contributed by atoms with Crippen molar-refractivity contribution in [1.29, 1.82) is 0 Å². The summed E-state index contributed by atoms with van der Waals surface area (Å²) in [5.74, 6) is 0.914. The van der Waals surface area contributed by atoms with Gasteiger partial charge in [0, 0.05) is 24.9 Å². The van der Waals surface area contributed by atoms with E-state index in [-0.39, 0.29) is 0 Å². The van der Waals surface area contributed by atoms with Crippen LogP contribution in [-0.4, -0.2) is 21.2 Å². The van der Waals surface area contributed by atoms with Gasteiger partial charge in [-0.15, -0.1) is 0 Å². The first-order valence-corrected chi connectivity index (χ1v) is 4.38. The SMILES string of the molecule is CNc1cc(OC)c([NH2+]C)cc1C. The molecule has 3 nitrogen and oxygen atoms in total. The van der Waals surface area contributed by atoms with E-state index in [4.69, 9.17) is 4.74 Å². The number of methoxy groups -OCH3 is 1.